The molecule has 0 radical (unpaired) electrons. The Morgan fingerprint density at radius 3 is 2.65 bits per heavy atom. The molecule has 1 heterocycles. The van der Waals surface area contributed by atoms with Crippen LogP contribution in [0.2, 0.25) is 5.02 Å². The van der Waals surface area contributed by atoms with Crippen molar-refractivity contribution in [2.75, 3.05) is 5.32 Å². The highest BCUT2D eigenvalue weighted by Crippen LogP contribution is 2.16. The van der Waals surface area contributed by atoms with Gasteiger partial charge < -0.3 is 10.1 Å². The average molecular weight is 341 g/mol. The molecular formula is C15H11ClF2N2O3. The van der Waals surface area contributed by atoms with Crippen LogP contribution in [-0.4, -0.2) is 23.0 Å². The summed E-state index contributed by atoms with van der Waals surface area (Å²) in [5, 5.41) is 2.49. The smallest absolute Gasteiger partial charge is 0.357 e. The number of halogens is 3. The first kappa shape index (κ1) is 16.8. The summed E-state index contributed by atoms with van der Waals surface area (Å²) in [4.78, 5) is 27.5. The van der Waals surface area contributed by atoms with Crippen LogP contribution in [-0.2, 0) is 9.53 Å². The van der Waals surface area contributed by atoms with E-state index in [1.807, 2.05) is 0 Å². The maximum absolute atomic E-state index is 13.5. The summed E-state index contributed by atoms with van der Waals surface area (Å²) in [6, 6.07) is 5.45. The van der Waals surface area contributed by atoms with E-state index in [0.717, 1.165) is 12.1 Å². The number of anilines is 1. The van der Waals surface area contributed by atoms with Crippen molar-refractivity contribution in [3.63, 3.8) is 0 Å². The SMILES string of the molecule is C[C@H](OC(=O)c1cc(Cl)ccn1)C(=O)Nc1ccc(F)cc1F. The van der Waals surface area contributed by atoms with Gasteiger partial charge in [-0.15, -0.1) is 0 Å². The van der Waals surface area contributed by atoms with E-state index in [1.165, 1.54) is 25.3 Å². The van der Waals surface area contributed by atoms with Gasteiger partial charge in [-0.3, -0.25) is 4.79 Å². The van der Waals surface area contributed by atoms with Gasteiger partial charge in [-0.05, 0) is 31.2 Å². The maximum Gasteiger partial charge on any atom is 0.357 e. The van der Waals surface area contributed by atoms with E-state index < -0.39 is 29.6 Å². The van der Waals surface area contributed by atoms with Gasteiger partial charge in [0.15, 0.2) is 6.10 Å². The Bertz CT molecular complexity index is 755. The summed E-state index contributed by atoms with van der Waals surface area (Å²) in [5.41, 5.74) is -0.287. The number of amides is 1. The van der Waals surface area contributed by atoms with Crippen LogP contribution < -0.4 is 5.32 Å². The molecule has 0 saturated carbocycles. The summed E-state index contributed by atoms with van der Waals surface area (Å²) in [6.45, 7) is 1.30. The van der Waals surface area contributed by atoms with Crippen molar-refractivity contribution in [2.45, 2.75) is 13.0 Å². The van der Waals surface area contributed by atoms with Crippen LogP contribution >= 0.6 is 11.6 Å². The summed E-state index contributed by atoms with van der Waals surface area (Å²) < 4.78 is 31.2. The fourth-order valence-corrected chi connectivity index (χ4v) is 1.78. The van der Waals surface area contributed by atoms with Gasteiger partial charge in [0.25, 0.3) is 5.91 Å². The zero-order chi connectivity index (χ0) is 17.0. The number of hydrogen-bond acceptors (Lipinski definition) is 4. The fraction of sp³-hybridized carbons (Fsp3) is 0.133. The van der Waals surface area contributed by atoms with Crippen molar-refractivity contribution < 1.29 is 23.1 Å². The molecule has 0 fully saturated rings. The molecule has 2 rings (SSSR count). The summed E-state index contributed by atoms with van der Waals surface area (Å²) >= 11 is 5.73. The number of nitrogens with one attached hydrogen (secondary N) is 1. The van der Waals surface area contributed by atoms with Crippen molar-refractivity contribution in [1.29, 1.82) is 0 Å². The summed E-state index contributed by atoms with van der Waals surface area (Å²) in [7, 11) is 0. The Balaban J connectivity index is 2.01. The molecule has 0 bridgehead atoms. The lowest BCUT2D eigenvalue weighted by atomic mass is 10.2. The van der Waals surface area contributed by atoms with Gasteiger partial charge >= 0.3 is 5.97 Å². The predicted molar refractivity (Wildman–Crippen MR) is 79.1 cm³/mol. The van der Waals surface area contributed by atoms with E-state index in [2.05, 4.69) is 10.3 Å². The summed E-state index contributed by atoms with van der Waals surface area (Å²) in [6.07, 6.45) is 0.102. The van der Waals surface area contributed by atoms with Crippen molar-refractivity contribution in [3.8, 4) is 0 Å². The van der Waals surface area contributed by atoms with Gasteiger partial charge in [0.2, 0.25) is 0 Å². The Labute approximate surface area is 135 Å². The highest BCUT2D eigenvalue weighted by atomic mass is 35.5. The van der Waals surface area contributed by atoms with Crippen LogP contribution in [0.3, 0.4) is 0 Å². The van der Waals surface area contributed by atoms with E-state index in [-0.39, 0.29) is 16.4 Å². The lowest BCUT2D eigenvalue weighted by Gasteiger charge is -2.13. The van der Waals surface area contributed by atoms with Gasteiger partial charge in [0.05, 0.1) is 5.69 Å². The van der Waals surface area contributed by atoms with Gasteiger partial charge in [-0.1, -0.05) is 11.6 Å². The zero-order valence-corrected chi connectivity index (χ0v) is 12.6. The van der Waals surface area contributed by atoms with Crippen LogP contribution in [0.5, 0.6) is 0 Å². The second-order valence-electron chi connectivity index (χ2n) is 4.52. The molecule has 1 amide bonds. The number of benzene rings is 1. The number of carbonyl (C=O) groups excluding carboxylic acids is 2. The molecule has 0 aliphatic rings. The topological polar surface area (TPSA) is 68.3 Å². The third-order valence-electron chi connectivity index (χ3n) is 2.77. The Kier molecular flexibility index (Phi) is 5.23. The standard InChI is InChI=1S/C15H11ClF2N2O3/c1-8(23-15(22)13-6-9(16)4-5-19-13)14(21)20-12-3-2-10(17)7-11(12)18/h2-8H,1H3,(H,20,21)/t8-/m0/s1. The number of ether oxygens (including phenoxy) is 1. The van der Waals surface area contributed by atoms with Gasteiger partial charge in [0, 0.05) is 17.3 Å². The highest BCUT2D eigenvalue weighted by Gasteiger charge is 2.21. The number of nitrogens with zero attached hydrogens (tertiary/aromatic N) is 1. The minimum absolute atomic E-state index is 0.0647. The molecule has 0 unspecified atom stereocenters. The molecule has 120 valence electrons. The van der Waals surface area contributed by atoms with Crippen LogP contribution in [0.25, 0.3) is 0 Å². The largest absolute Gasteiger partial charge is 0.448 e. The van der Waals surface area contributed by atoms with Crippen LogP contribution in [0.4, 0.5) is 14.5 Å². The predicted octanol–water partition coefficient (Wildman–Crippen LogP) is 3.20. The third-order valence-corrected chi connectivity index (χ3v) is 3.01. The van der Waals surface area contributed by atoms with E-state index >= 15 is 0 Å². The zero-order valence-electron chi connectivity index (χ0n) is 11.8. The molecular weight excluding hydrogens is 330 g/mol. The van der Waals surface area contributed by atoms with Gasteiger partial charge in [0.1, 0.15) is 17.3 Å². The first-order valence-electron chi connectivity index (χ1n) is 6.45. The molecule has 0 aliphatic carbocycles. The fourth-order valence-electron chi connectivity index (χ4n) is 1.62. The first-order chi connectivity index (χ1) is 10.9. The maximum atomic E-state index is 13.5. The number of aromatic nitrogens is 1. The molecule has 1 aromatic carbocycles. The Hall–Kier alpha value is -2.54. The number of carbonyl (C=O) groups is 2. The van der Waals surface area contributed by atoms with Crippen LogP contribution in [0, 0.1) is 11.6 Å². The van der Waals surface area contributed by atoms with E-state index in [9.17, 15) is 18.4 Å². The van der Waals surface area contributed by atoms with Crippen molar-refractivity contribution >= 4 is 29.2 Å². The third kappa shape index (κ3) is 4.46. The Morgan fingerprint density at radius 1 is 1.26 bits per heavy atom. The molecule has 5 nitrogen and oxygen atoms in total. The molecule has 0 spiro atoms. The quantitative estimate of drug-likeness (QED) is 0.868. The van der Waals surface area contributed by atoms with E-state index in [1.54, 1.807) is 0 Å². The average Bonchev–Trinajstić information content (AvgIpc) is 2.49. The van der Waals surface area contributed by atoms with E-state index in [4.69, 9.17) is 16.3 Å². The summed E-state index contributed by atoms with van der Waals surface area (Å²) in [5.74, 6) is -3.33. The second kappa shape index (κ2) is 7.15. The van der Waals surface area contributed by atoms with Crippen molar-refractivity contribution in [3.05, 3.63) is 58.9 Å². The van der Waals surface area contributed by atoms with E-state index in [0.29, 0.717) is 6.07 Å². The van der Waals surface area contributed by atoms with Crippen LogP contribution in [0.15, 0.2) is 36.5 Å². The number of pyridine rings is 1. The number of esters is 1. The molecule has 0 saturated heterocycles. The molecule has 1 aromatic heterocycles. The molecule has 0 aliphatic heterocycles. The molecule has 1 N–H and O–H groups in total. The lowest BCUT2D eigenvalue weighted by molar-refractivity contribution is -0.123. The molecule has 1 atom stereocenters. The second-order valence-corrected chi connectivity index (χ2v) is 4.96. The molecule has 8 heteroatoms. The van der Waals surface area contributed by atoms with Gasteiger partial charge in [-0.2, -0.15) is 0 Å². The Morgan fingerprint density at radius 2 is 2.00 bits per heavy atom. The minimum Gasteiger partial charge on any atom is -0.448 e. The normalized spacial score (nSPS) is 11.7. The van der Waals surface area contributed by atoms with Crippen LogP contribution in [0.1, 0.15) is 17.4 Å². The minimum atomic E-state index is -1.22. The monoisotopic (exact) mass is 340 g/mol. The molecule has 23 heavy (non-hydrogen) atoms. The number of rotatable bonds is 4. The van der Waals surface area contributed by atoms with Crippen molar-refractivity contribution in [1.82, 2.24) is 4.98 Å². The van der Waals surface area contributed by atoms with Gasteiger partial charge in [-0.25, -0.2) is 18.6 Å². The first-order valence-corrected chi connectivity index (χ1v) is 6.83. The van der Waals surface area contributed by atoms with Crippen molar-refractivity contribution in [2.24, 2.45) is 0 Å². The lowest BCUT2D eigenvalue weighted by Crippen LogP contribution is -2.30. The molecule has 2 aromatic rings. The highest BCUT2D eigenvalue weighted by molar-refractivity contribution is 6.30. The number of hydrogen-bond donors (Lipinski definition) is 1.